The molecule has 0 aliphatic carbocycles. The number of aliphatic imine (C=N–C) groups is 1. The van der Waals surface area contributed by atoms with Crippen molar-refractivity contribution < 1.29 is 18.9 Å². The molecule has 5 aromatic rings. The standard InChI is InChI=1S/C52H66BrN12O4P/c1-6-35-30-44(59-52-57-33-41(53)50(61-52)58-43-11-10-42-48(56-19-18-55-42)49(43)70(4,5)68)46(69-3)31-45(35)65-23-16-37(17-24-65)64-27-25-62(26-28-64)20-13-34-14-21-63(22-15-34)38-7-8-39(36(29-38)32-54-2)40-9-12-47(66)60-51(40)67/h7-8,10-11,18-19,29-31,33-34,37,40H,2,6,9,12-17,20-28,32H2,1,3-5H3,(H,60,66,67)(H2,57,58,59,61). The van der Waals surface area contributed by atoms with Crippen LogP contribution in [0.5, 0.6) is 5.75 Å². The van der Waals surface area contributed by atoms with Crippen LogP contribution in [0, 0.1) is 5.92 Å². The summed E-state index contributed by atoms with van der Waals surface area (Å²) in [6.45, 7) is 19.6. The van der Waals surface area contributed by atoms with Crippen molar-refractivity contribution in [2.75, 3.05) is 99.8 Å². The predicted octanol–water partition coefficient (Wildman–Crippen LogP) is 8.10. The molecule has 0 spiro atoms. The minimum Gasteiger partial charge on any atom is -0.494 e. The van der Waals surface area contributed by atoms with Crippen LogP contribution in [-0.2, 0) is 27.1 Å². The van der Waals surface area contributed by atoms with Gasteiger partial charge in [-0.2, -0.15) is 4.98 Å². The molecule has 370 valence electrons. The second kappa shape index (κ2) is 21.9. The third-order valence-electron chi connectivity index (χ3n) is 14.8. The molecule has 0 bridgehead atoms. The summed E-state index contributed by atoms with van der Waals surface area (Å²) in [5.74, 6) is 1.63. The molecule has 9 rings (SSSR count). The van der Waals surface area contributed by atoms with E-state index in [1.54, 1.807) is 39.0 Å². The monoisotopic (exact) mass is 1030 g/mol. The number of piperazine rings is 1. The Morgan fingerprint density at radius 2 is 1.63 bits per heavy atom. The highest BCUT2D eigenvalue weighted by molar-refractivity contribution is 9.10. The zero-order valence-corrected chi connectivity index (χ0v) is 43.4. The molecule has 2 amide bonds. The van der Waals surface area contributed by atoms with E-state index in [9.17, 15) is 14.2 Å². The third kappa shape index (κ3) is 11.2. The molecular weight excluding hydrogens is 968 g/mol. The quantitative estimate of drug-likeness (QED) is 0.0492. The van der Waals surface area contributed by atoms with Gasteiger partial charge in [0.05, 0.1) is 46.2 Å². The van der Waals surface area contributed by atoms with E-state index in [1.807, 2.05) is 12.1 Å². The number of halogens is 1. The summed E-state index contributed by atoms with van der Waals surface area (Å²) in [7, 11) is -1.07. The Balaban J connectivity index is 0.749. The Labute approximate surface area is 420 Å². The first kappa shape index (κ1) is 49.5. The predicted molar refractivity (Wildman–Crippen MR) is 285 cm³/mol. The van der Waals surface area contributed by atoms with Gasteiger partial charge in [0.2, 0.25) is 17.8 Å². The van der Waals surface area contributed by atoms with Crippen LogP contribution in [0.2, 0.25) is 0 Å². The van der Waals surface area contributed by atoms with E-state index in [-0.39, 0.29) is 17.7 Å². The smallest absolute Gasteiger partial charge is 0.234 e. The van der Waals surface area contributed by atoms with Crippen LogP contribution >= 0.6 is 23.1 Å². The SMILES string of the molecule is C=NCc1cc(N2CCC(CCN3CCN(C4CCN(c5cc(OC)c(Nc6ncc(Br)c(Nc7ccc8nccnc8c7P(C)(C)=O)n6)cc5CC)CC4)CC3)CC2)ccc1C1CCC(=O)NC1=O. The summed E-state index contributed by atoms with van der Waals surface area (Å²) >= 11 is 3.61. The molecule has 1 atom stereocenters. The molecule has 4 aliphatic rings. The normalized spacial score (nSPS) is 19.1. The van der Waals surface area contributed by atoms with E-state index in [2.05, 4.69) is 115 Å². The van der Waals surface area contributed by atoms with E-state index in [0.29, 0.717) is 63.7 Å². The van der Waals surface area contributed by atoms with Gasteiger partial charge in [-0.05, 0) is 140 Å². The van der Waals surface area contributed by atoms with Crippen LogP contribution in [0.4, 0.5) is 34.5 Å². The second-order valence-corrected chi connectivity index (χ2v) is 23.5. The molecular formula is C52H66BrN12O4P. The lowest BCUT2D eigenvalue weighted by molar-refractivity contribution is -0.134. The van der Waals surface area contributed by atoms with Crippen molar-refractivity contribution in [1.29, 1.82) is 0 Å². The Morgan fingerprint density at radius 3 is 2.34 bits per heavy atom. The van der Waals surface area contributed by atoms with Gasteiger partial charge in [0.25, 0.3) is 0 Å². The maximum absolute atomic E-state index is 13.6. The van der Waals surface area contributed by atoms with Crippen molar-refractivity contribution in [1.82, 2.24) is 35.1 Å². The molecule has 6 heterocycles. The van der Waals surface area contributed by atoms with Crippen LogP contribution in [0.3, 0.4) is 0 Å². The molecule has 4 saturated heterocycles. The molecule has 3 aromatic carbocycles. The molecule has 3 N–H and O–H groups in total. The van der Waals surface area contributed by atoms with Crippen LogP contribution < -0.4 is 35.8 Å². The summed E-state index contributed by atoms with van der Waals surface area (Å²) < 4.78 is 20.2. The number of carbonyl (C=O) groups excluding carboxylic acids is 2. The minimum absolute atomic E-state index is 0.195. The van der Waals surface area contributed by atoms with Gasteiger partial charge in [0.1, 0.15) is 24.2 Å². The number of carbonyl (C=O) groups is 2. The lowest BCUT2D eigenvalue weighted by Crippen LogP contribution is -2.53. The fourth-order valence-corrected chi connectivity index (χ4v) is 12.6. The molecule has 0 radical (unpaired) electrons. The number of rotatable bonds is 16. The first-order valence-electron chi connectivity index (χ1n) is 24.8. The summed E-state index contributed by atoms with van der Waals surface area (Å²) in [6.07, 6.45) is 12.6. The number of hydrogen-bond acceptors (Lipinski definition) is 15. The summed E-state index contributed by atoms with van der Waals surface area (Å²) in [5.41, 5.74) is 8.34. The van der Waals surface area contributed by atoms with E-state index in [4.69, 9.17) is 9.72 Å². The Hall–Kier alpha value is -5.48. The molecule has 4 fully saturated rings. The molecule has 4 aliphatic heterocycles. The van der Waals surface area contributed by atoms with Crippen molar-refractivity contribution in [2.45, 2.75) is 76.8 Å². The van der Waals surface area contributed by atoms with E-state index >= 15 is 0 Å². The maximum atomic E-state index is 13.6. The van der Waals surface area contributed by atoms with E-state index < -0.39 is 7.14 Å². The molecule has 70 heavy (non-hydrogen) atoms. The first-order valence-corrected chi connectivity index (χ1v) is 28.2. The highest BCUT2D eigenvalue weighted by Crippen LogP contribution is 2.42. The largest absolute Gasteiger partial charge is 0.494 e. The zero-order valence-electron chi connectivity index (χ0n) is 40.9. The van der Waals surface area contributed by atoms with Gasteiger partial charge in [0, 0.05) is 101 Å². The molecule has 18 heteroatoms. The number of imide groups is 1. The number of amides is 2. The van der Waals surface area contributed by atoms with Crippen molar-refractivity contribution in [3.63, 3.8) is 0 Å². The summed E-state index contributed by atoms with van der Waals surface area (Å²) in [5, 5.41) is 9.95. The van der Waals surface area contributed by atoms with Crippen molar-refractivity contribution in [3.8, 4) is 5.75 Å². The van der Waals surface area contributed by atoms with Crippen molar-refractivity contribution in [2.24, 2.45) is 10.9 Å². The Morgan fingerprint density at radius 1 is 0.871 bits per heavy atom. The minimum atomic E-state index is -2.77. The van der Waals surface area contributed by atoms with Gasteiger partial charge in [0.15, 0.2) is 0 Å². The second-order valence-electron chi connectivity index (χ2n) is 19.5. The summed E-state index contributed by atoms with van der Waals surface area (Å²) in [4.78, 5) is 57.4. The van der Waals surface area contributed by atoms with Crippen LogP contribution in [-0.4, -0.2) is 134 Å². The number of methoxy groups -OCH3 is 1. The van der Waals surface area contributed by atoms with E-state index in [1.165, 1.54) is 36.2 Å². The van der Waals surface area contributed by atoms with Crippen molar-refractivity contribution in [3.05, 3.63) is 82.2 Å². The van der Waals surface area contributed by atoms with Gasteiger partial charge in [-0.1, -0.05) is 13.0 Å². The number of fused-ring (bicyclic) bond motifs is 1. The van der Waals surface area contributed by atoms with Crippen LogP contribution in [0.15, 0.2) is 70.5 Å². The molecule has 2 aromatic heterocycles. The Bertz CT molecular complexity index is 2770. The first-order chi connectivity index (χ1) is 33.9. The topological polar surface area (TPSA) is 173 Å². The zero-order chi connectivity index (χ0) is 48.9. The molecule has 16 nitrogen and oxygen atoms in total. The number of nitrogens with one attached hydrogen (secondary N) is 3. The fourth-order valence-electron chi connectivity index (χ4n) is 10.9. The van der Waals surface area contributed by atoms with Gasteiger partial charge in [-0.3, -0.25) is 34.8 Å². The highest BCUT2D eigenvalue weighted by atomic mass is 79.9. The fraction of sp³-hybridized carbons (Fsp3) is 0.481. The highest BCUT2D eigenvalue weighted by Gasteiger charge is 2.32. The number of nitrogens with zero attached hydrogens (tertiary/aromatic N) is 9. The number of ether oxygens (including phenoxy) is 1. The number of hydrogen-bond donors (Lipinski definition) is 3. The van der Waals surface area contributed by atoms with Gasteiger partial charge >= 0.3 is 0 Å². The number of piperidine rings is 3. The molecule has 0 saturated carbocycles. The maximum Gasteiger partial charge on any atom is 0.234 e. The number of benzene rings is 3. The van der Waals surface area contributed by atoms with Crippen LogP contribution in [0.25, 0.3) is 11.0 Å². The van der Waals surface area contributed by atoms with Gasteiger partial charge in [-0.25, -0.2) is 4.98 Å². The van der Waals surface area contributed by atoms with Gasteiger partial charge < -0.3 is 34.6 Å². The number of aryl methyl sites for hydroxylation is 1. The average molecular weight is 1030 g/mol. The van der Waals surface area contributed by atoms with E-state index in [0.717, 1.165) is 107 Å². The lowest BCUT2D eigenvalue weighted by Gasteiger charge is -2.44. The number of aromatic nitrogens is 4. The van der Waals surface area contributed by atoms with Crippen LogP contribution in [0.1, 0.15) is 74.5 Å². The lowest BCUT2D eigenvalue weighted by atomic mass is 9.86. The van der Waals surface area contributed by atoms with Gasteiger partial charge in [-0.15, -0.1) is 0 Å². The summed E-state index contributed by atoms with van der Waals surface area (Å²) in [6, 6.07) is 15.0. The van der Waals surface area contributed by atoms with Crippen molar-refractivity contribution >= 4 is 92.5 Å². The third-order valence-corrected chi connectivity index (χ3v) is 16.9. The Kier molecular flexibility index (Phi) is 15.5. The number of anilines is 6. The average Bonchev–Trinajstić information content (AvgIpc) is 3.37. The molecule has 1 unspecified atom stereocenters.